The molecule has 272 valence electrons. The summed E-state index contributed by atoms with van der Waals surface area (Å²) in [6.45, 7) is 11.6. The van der Waals surface area contributed by atoms with E-state index in [1.54, 1.807) is 32.4 Å². The molecule has 1 saturated heterocycles. The topological polar surface area (TPSA) is 111 Å². The lowest BCUT2D eigenvalue weighted by molar-refractivity contribution is 0.144. The standard InChI is InChI=1S/C38H47FN6O6/c1-7-21-49-31-23-28(39)12-13-30(31)45(38(46)51-35-26(2)10-8-11-27(35)3)34-14-15-40-37(42-34)41-29-24-32(47-5)36(33(25-29)48-6)50-22-9-16-44-19-17-43(4)18-20-44/h8,10-15,23-25H,7,9,16-22H2,1-6H3,(H,40,41,42). The largest absolute Gasteiger partial charge is 0.493 e. The normalized spacial score (nSPS) is 13.4. The van der Waals surface area contributed by atoms with E-state index in [9.17, 15) is 9.18 Å². The van der Waals surface area contributed by atoms with E-state index in [0.717, 1.165) is 50.3 Å². The highest BCUT2D eigenvalue weighted by Gasteiger charge is 2.27. The summed E-state index contributed by atoms with van der Waals surface area (Å²) < 4.78 is 43.8. The second-order valence-electron chi connectivity index (χ2n) is 12.3. The Bertz CT molecular complexity index is 1740. The molecule has 0 unspecified atom stereocenters. The summed E-state index contributed by atoms with van der Waals surface area (Å²) in [5.41, 5.74) is 2.37. The zero-order chi connectivity index (χ0) is 36.3. The molecule has 0 atom stereocenters. The Morgan fingerprint density at radius 3 is 2.27 bits per heavy atom. The van der Waals surface area contributed by atoms with Gasteiger partial charge in [-0.1, -0.05) is 25.1 Å². The molecular weight excluding hydrogens is 655 g/mol. The van der Waals surface area contributed by atoms with Crippen LogP contribution < -0.4 is 33.9 Å². The second-order valence-corrected chi connectivity index (χ2v) is 12.3. The number of nitrogens with zero attached hydrogens (tertiary/aromatic N) is 5. The predicted octanol–water partition coefficient (Wildman–Crippen LogP) is 7.14. The van der Waals surface area contributed by atoms with Gasteiger partial charge >= 0.3 is 6.09 Å². The number of piperazine rings is 1. The van der Waals surface area contributed by atoms with Crippen LogP contribution in [-0.4, -0.2) is 93.1 Å². The number of nitrogens with one attached hydrogen (secondary N) is 1. The number of methoxy groups -OCH3 is 2. The fourth-order valence-electron chi connectivity index (χ4n) is 5.70. The Morgan fingerprint density at radius 2 is 1.61 bits per heavy atom. The third-order valence-electron chi connectivity index (χ3n) is 8.45. The Balaban J connectivity index is 1.41. The van der Waals surface area contributed by atoms with E-state index in [1.807, 2.05) is 39.0 Å². The first-order chi connectivity index (χ1) is 24.7. The summed E-state index contributed by atoms with van der Waals surface area (Å²) in [6.07, 6.45) is 2.28. The summed E-state index contributed by atoms with van der Waals surface area (Å²) in [4.78, 5) is 29.1. The first-order valence-corrected chi connectivity index (χ1v) is 17.1. The predicted molar refractivity (Wildman–Crippen MR) is 195 cm³/mol. The Kier molecular flexibility index (Phi) is 12.9. The van der Waals surface area contributed by atoms with Gasteiger partial charge in [0.15, 0.2) is 11.5 Å². The molecule has 3 aromatic carbocycles. The van der Waals surface area contributed by atoms with E-state index in [2.05, 4.69) is 32.1 Å². The van der Waals surface area contributed by atoms with Crippen LogP contribution in [0.3, 0.4) is 0 Å². The van der Waals surface area contributed by atoms with Crippen LogP contribution in [0.15, 0.2) is 60.8 Å². The summed E-state index contributed by atoms with van der Waals surface area (Å²) in [5, 5.41) is 3.19. The van der Waals surface area contributed by atoms with Gasteiger partial charge in [-0.15, -0.1) is 0 Å². The third-order valence-corrected chi connectivity index (χ3v) is 8.45. The number of anilines is 4. The van der Waals surface area contributed by atoms with Gasteiger partial charge in [0.2, 0.25) is 11.7 Å². The molecule has 0 bridgehead atoms. The van der Waals surface area contributed by atoms with E-state index in [1.165, 1.54) is 29.3 Å². The number of benzene rings is 3. The van der Waals surface area contributed by atoms with E-state index < -0.39 is 11.9 Å². The van der Waals surface area contributed by atoms with Crippen LogP contribution in [0.1, 0.15) is 30.9 Å². The van der Waals surface area contributed by atoms with Crippen LogP contribution >= 0.6 is 0 Å². The molecule has 13 heteroatoms. The number of aromatic nitrogens is 2. The minimum absolute atomic E-state index is 0.163. The Labute approximate surface area is 299 Å². The van der Waals surface area contributed by atoms with Crippen molar-refractivity contribution in [3.63, 3.8) is 0 Å². The molecule has 0 saturated carbocycles. The number of rotatable bonds is 15. The molecule has 0 radical (unpaired) electrons. The zero-order valence-electron chi connectivity index (χ0n) is 30.2. The van der Waals surface area contributed by atoms with E-state index in [-0.39, 0.29) is 23.2 Å². The number of ether oxygens (including phenoxy) is 5. The van der Waals surface area contributed by atoms with Gasteiger partial charge < -0.3 is 38.8 Å². The van der Waals surface area contributed by atoms with Gasteiger partial charge in [-0.2, -0.15) is 4.98 Å². The molecule has 1 aliphatic heterocycles. The van der Waals surface area contributed by atoms with Gasteiger partial charge in [-0.25, -0.2) is 19.1 Å². The van der Waals surface area contributed by atoms with Crippen molar-refractivity contribution in [1.29, 1.82) is 0 Å². The number of para-hydroxylation sites is 1. The molecule has 0 aliphatic carbocycles. The molecule has 51 heavy (non-hydrogen) atoms. The minimum atomic E-state index is -0.762. The maximum atomic E-state index is 14.4. The van der Waals surface area contributed by atoms with Gasteiger partial charge in [-0.3, -0.25) is 0 Å². The first kappa shape index (κ1) is 37.1. The fourth-order valence-corrected chi connectivity index (χ4v) is 5.70. The summed E-state index contributed by atoms with van der Waals surface area (Å²) in [5.74, 6) is 1.83. The molecule has 1 amide bonds. The number of hydrogen-bond acceptors (Lipinski definition) is 11. The van der Waals surface area contributed by atoms with Crippen molar-refractivity contribution in [3.05, 3.63) is 77.7 Å². The van der Waals surface area contributed by atoms with Crippen molar-refractivity contribution in [2.45, 2.75) is 33.6 Å². The van der Waals surface area contributed by atoms with Crippen molar-refractivity contribution in [2.24, 2.45) is 0 Å². The lowest BCUT2D eigenvalue weighted by Crippen LogP contribution is -2.44. The van der Waals surface area contributed by atoms with Crippen molar-refractivity contribution >= 4 is 29.2 Å². The molecule has 1 aromatic heterocycles. The lowest BCUT2D eigenvalue weighted by Gasteiger charge is -2.32. The molecule has 12 nitrogen and oxygen atoms in total. The summed E-state index contributed by atoms with van der Waals surface area (Å²) in [6, 6.07) is 14.6. The SMILES string of the molecule is CCCOc1cc(F)ccc1N(C(=O)Oc1c(C)cccc1C)c1ccnc(Nc2cc(OC)c(OCCCN3CCN(C)CC3)c(OC)c2)n1. The molecule has 2 heterocycles. The van der Waals surface area contributed by atoms with Gasteiger partial charge in [0.25, 0.3) is 0 Å². The average molecular weight is 703 g/mol. The Morgan fingerprint density at radius 1 is 0.902 bits per heavy atom. The number of halogens is 1. The highest BCUT2D eigenvalue weighted by Crippen LogP contribution is 2.41. The van der Waals surface area contributed by atoms with E-state index >= 15 is 0 Å². The van der Waals surface area contributed by atoms with E-state index in [0.29, 0.717) is 48.3 Å². The molecule has 0 spiro atoms. The molecule has 1 aliphatic rings. The number of carbonyl (C=O) groups is 1. The smallest absolute Gasteiger partial charge is 0.425 e. The summed E-state index contributed by atoms with van der Waals surface area (Å²) in [7, 11) is 5.27. The maximum Gasteiger partial charge on any atom is 0.425 e. The summed E-state index contributed by atoms with van der Waals surface area (Å²) >= 11 is 0. The number of aryl methyl sites for hydroxylation is 2. The van der Waals surface area contributed by atoms with Crippen LogP contribution in [0.5, 0.6) is 28.7 Å². The first-order valence-electron chi connectivity index (χ1n) is 17.1. The highest BCUT2D eigenvalue weighted by molar-refractivity contribution is 5.98. The molecule has 4 aromatic rings. The van der Waals surface area contributed by atoms with Gasteiger partial charge in [0.1, 0.15) is 23.1 Å². The molecule has 1 N–H and O–H groups in total. The van der Waals surface area contributed by atoms with Gasteiger partial charge in [-0.05, 0) is 57.0 Å². The van der Waals surface area contributed by atoms with Gasteiger partial charge in [0.05, 0.1) is 33.1 Å². The fraction of sp³-hybridized carbons (Fsp3) is 0.395. The molecule has 5 rings (SSSR count). The quantitative estimate of drug-likeness (QED) is 0.128. The molecular formula is C38H47FN6O6. The number of hydrogen-bond donors (Lipinski definition) is 1. The second kappa shape index (κ2) is 17.7. The van der Waals surface area contributed by atoms with Crippen molar-refractivity contribution < 1.29 is 32.9 Å². The number of carbonyl (C=O) groups excluding carboxylic acids is 1. The van der Waals surface area contributed by atoms with Crippen LogP contribution in [-0.2, 0) is 0 Å². The monoisotopic (exact) mass is 702 g/mol. The van der Waals surface area contributed by atoms with Crippen LogP contribution in [0.4, 0.5) is 32.3 Å². The van der Waals surface area contributed by atoms with Crippen molar-refractivity contribution in [3.8, 4) is 28.7 Å². The van der Waals surface area contributed by atoms with Gasteiger partial charge in [0, 0.05) is 68.9 Å². The number of likely N-dealkylation sites (N-methyl/N-ethyl adjacent to an activating group) is 1. The number of amides is 1. The molecule has 1 fully saturated rings. The van der Waals surface area contributed by atoms with E-state index in [4.69, 9.17) is 23.7 Å². The zero-order valence-corrected chi connectivity index (χ0v) is 30.2. The third kappa shape index (κ3) is 9.56. The lowest BCUT2D eigenvalue weighted by atomic mass is 10.1. The van der Waals surface area contributed by atoms with Crippen molar-refractivity contribution in [2.75, 3.05) is 77.4 Å². The Hall–Kier alpha value is -5.14. The van der Waals surface area contributed by atoms with Crippen molar-refractivity contribution in [1.82, 2.24) is 19.8 Å². The maximum absolute atomic E-state index is 14.4. The van der Waals surface area contributed by atoms with Crippen LogP contribution in [0.25, 0.3) is 0 Å². The minimum Gasteiger partial charge on any atom is -0.493 e. The highest BCUT2D eigenvalue weighted by atomic mass is 19.1. The average Bonchev–Trinajstić information content (AvgIpc) is 3.12. The van der Waals surface area contributed by atoms with Crippen LogP contribution in [0.2, 0.25) is 0 Å². The van der Waals surface area contributed by atoms with Crippen LogP contribution in [0, 0.1) is 19.7 Å².